The molecule has 0 spiro atoms. The summed E-state index contributed by atoms with van der Waals surface area (Å²) in [5.41, 5.74) is 3.03. The van der Waals surface area contributed by atoms with E-state index in [-0.39, 0.29) is 11.5 Å². The third kappa shape index (κ3) is 5.35. The van der Waals surface area contributed by atoms with Crippen molar-refractivity contribution in [1.82, 2.24) is 10.2 Å². The molecule has 1 aromatic rings. The van der Waals surface area contributed by atoms with E-state index >= 15 is 0 Å². The van der Waals surface area contributed by atoms with E-state index in [0.29, 0.717) is 25.9 Å². The van der Waals surface area contributed by atoms with Crippen LogP contribution in [0.15, 0.2) is 30.0 Å². The molecule has 0 bridgehead atoms. The topological polar surface area (TPSA) is 85.2 Å². The number of aryl methyl sites for hydroxylation is 2. The molecule has 1 aromatic carbocycles. The second kappa shape index (κ2) is 8.88. The Labute approximate surface area is 148 Å². The van der Waals surface area contributed by atoms with Crippen molar-refractivity contribution in [2.45, 2.75) is 33.1 Å². The molecule has 0 unspecified atom stereocenters. The van der Waals surface area contributed by atoms with E-state index < -0.39 is 5.91 Å². The third-order valence-corrected chi connectivity index (χ3v) is 4.19. The zero-order valence-corrected chi connectivity index (χ0v) is 14.8. The van der Waals surface area contributed by atoms with Crippen LogP contribution in [0.5, 0.6) is 0 Å². The Bertz CT molecular complexity index is 719. The average molecular weight is 340 g/mol. The van der Waals surface area contributed by atoms with E-state index in [0.717, 1.165) is 29.8 Å². The predicted octanol–water partition coefficient (Wildman–Crippen LogP) is 2.25. The quantitative estimate of drug-likeness (QED) is 0.453. The summed E-state index contributed by atoms with van der Waals surface area (Å²) in [7, 11) is 0. The van der Waals surface area contributed by atoms with Gasteiger partial charge in [0.05, 0.1) is 0 Å². The summed E-state index contributed by atoms with van der Waals surface area (Å²) in [4.78, 5) is 25.4. The summed E-state index contributed by atoms with van der Waals surface area (Å²) >= 11 is 0. The number of carbonyl (C=O) groups is 2. The van der Waals surface area contributed by atoms with Gasteiger partial charge < -0.3 is 15.5 Å². The number of amides is 2. The van der Waals surface area contributed by atoms with Crippen LogP contribution in [-0.2, 0) is 9.59 Å². The fourth-order valence-electron chi connectivity index (χ4n) is 2.70. The van der Waals surface area contributed by atoms with E-state index in [4.69, 9.17) is 0 Å². The Balaban J connectivity index is 1.82. The fraction of sp³-hybridized carbons (Fsp3) is 0.421. The van der Waals surface area contributed by atoms with Crippen molar-refractivity contribution in [3.05, 3.63) is 41.1 Å². The van der Waals surface area contributed by atoms with Crippen molar-refractivity contribution < 1.29 is 9.59 Å². The highest BCUT2D eigenvalue weighted by molar-refractivity contribution is 5.97. The normalized spacial score (nSPS) is 14.4. The van der Waals surface area contributed by atoms with Gasteiger partial charge in [0.15, 0.2) is 0 Å². The lowest BCUT2D eigenvalue weighted by Gasteiger charge is -2.15. The zero-order chi connectivity index (χ0) is 18.2. The number of benzene rings is 1. The molecule has 1 aliphatic heterocycles. The summed E-state index contributed by atoms with van der Waals surface area (Å²) in [5, 5.41) is 14.9. The molecule has 0 aromatic heterocycles. The molecule has 1 heterocycles. The van der Waals surface area contributed by atoms with Crippen LogP contribution in [0.3, 0.4) is 0 Å². The molecule has 1 saturated heterocycles. The van der Waals surface area contributed by atoms with Crippen molar-refractivity contribution in [3.8, 4) is 6.07 Å². The third-order valence-electron chi connectivity index (χ3n) is 4.19. The minimum atomic E-state index is -0.409. The Morgan fingerprint density at radius 1 is 1.40 bits per heavy atom. The molecule has 2 rings (SSSR count). The lowest BCUT2D eigenvalue weighted by molar-refractivity contribution is -0.127. The van der Waals surface area contributed by atoms with E-state index in [1.807, 2.05) is 43.0 Å². The highest BCUT2D eigenvalue weighted by atomic mass is 16.2. The van der Waals surface area contributed by atoms with Crippen LogP contribution < -0.4 is 10.6 Å². The van der Waals surface area contributed by atoms with Gasteiger partial charge in [-0.2, -0.15) is 5.26 Å². The molecule has 1 aliphatic rings. The van der Waals surface area contributed by atoms with E-state index in [9.17, 15) is 14.9 Å². The van der Waals surface area contributed by atoms with Crippen LogP contribution in [0.4, 0.5) is 5.69 Å². The molecule has 0 radical (unpaired) electrons. The second-order valence-corrected chi connectivity index (χ2v) is 6.23. The van der Waals surface area contributed by atoms with Crippen molar-refractivity contribution in [1.29, 1.82) is 5.26 Å². The Morgan fingerprint density at radius 2 is 2.20 bits per heavy atom. The maximum atomic E-state index is 12.1. The SMILES string of the molecule is Cc1ccc(C)c(N/C=C(/C#N)C(=O)NCCCN2CCCC2=O)c1. The molecule has 25 heavy (non-hydrogen) atoms. The number of rotatable bonds is 7. The summed E-state index contributed by atoms with van der Waals surface area (Å²) < 4.78 is 0. The lowest BCUT2D eigenvalue weighted by atomic mass is 10.1. The maximum Gasteiger partial charge on any atom is 0.263 e. The number of hydrogen-bond acceptors (Lipinski definition) is 4. The molecule has 1 fully saturated rings. The smallest absolute Gasteiger partial charge is 0.263 e. The van der Waals surface area contributed by atoms with Gasteiger partial charge in [-0.15, -0.1) is 0 Å². The first kappa shape index (κ1) is 18.5. The molecule has 6 heteroatoms. The van der Waals surface area contributed by atoms with Gasteiger partial charge in [-0.05, 0) is 43.9 Å². The second-order valence-electron chi connectivity index (χ2n) is 6.23. The maximum absolute atomic E-state index is 12.1. The van der Waals surface area contributed by atoms with Gasteiger partial charge in [0, 0.05) is 37.9 Å². The van der Waals surface area contributed by atoms with Crippen LogP contribution in [0.25, 0.3) is 0 Å². The predicted molar refractivity (Wildman–Crippen MR) is 96.7 cm³/mol. The zero-order valence-electron chi connectivity index (χ0n) is 14.8. The highest BCUT2D eigenvalue weighted by Crippen LogP contribution is 2.16. The van der Waals surface area contributed by atoms with Gasteiger partial charge in [0.1, 0.15) is 11.6 Å². The highest BCUT2D eigenvalue weighted by Gasteiger charge is 2.19. The van der Waals surface area contributed by atoms with Crippen molar-refractivity contribution in [2.24, 2.45) is 0 Å². The summed E-state index contributed by atoms with van der Waals surface area (Å²) in [5.74, 6) is -0.227. The van der Waals surface area contributed by atoms with Gasteiger partial charge in [-0.3, -0.25) is 9.59 Å². The first-order chi connectivity index (χ1) is 12.0. The molecule has 2 N–H and O–H groups in total. The van der Waals surface area contributed by atoms with Crippen LogP contribution in [-0.4, -0.2) is 36.3 Å². The number of hydrogen-bond donors (Lipinski definition) is 2. The summed E-state index contributed by atoms with van der Waals surface area (Å²) in [6.07, 6.45) is 3.65. The Hall–Kier alpha value is -2.81. The standard InChI is InChI=1S/C19H24N4O2/c1-14-6-7-15(2)17(11-14)22-13-16(12-20)19(25)21-8-4-10-23-9-3-5-18(23)24/h6-7,11,13,22H,3-5,8-10H2,1-2H3,(H,21,25)/b16-13-. The molecule has 0 aliphatic carbocycles. The first-order valence-corrected chi connectivity index (χ1v) is 8.51. The van der Waals surface area contributed by atoms with Crippen LogP contribution in [0, 0.1) is 25.2 Å². The number of nitrogens with zero attached hydrogens (tertiary/aromatic N) is 2. The molecule has 132 valence electrons. The van der Waals surface area contributed by atoms with Gasteiger partial charge in [-0.1, -0.05) is 12.1 Å². The Kier molecular flexibility index (Phi) is 6.58. The minimum absolute atomic E-state index is 0.0261. The summed E-state index contributed by atoms with van der Waals surface area (Å²) in [6.45, 7) is 5.82. The minimum Gasteiger partial charge on any atom is -0.360 e. The number of likely N-dealkylation sites (tertiary alicyclic amines) is 1. The average Bonchev–Trinajstić information content (AvgIpc) is 3.00. The number of anilines is 1. The van der Waals surface area contributed by atoms with Gasteiger partial charge in [0.25, 0.3) is 5.91 Å². The lowest BCUT2D eigenvalue weighted by Crippen LogP contribution is -2.31. The summed E-state index contributed by atoms with van der Waals surface area (Å²) in [6, 6.07) is 7.87. The molecular weight excluding hydrogens is 316 g/mol. The van der Waals surface area contributed by atoms with Crippen LogP contribution >= 0.6 is 0 Å². The largest absolute Gasteiger partial charge is 0.360 e. The number of nitrogens with one attached hydrogen (secondary N) is 2. The number of nitriles is 1. The van der Waals surface area contributed by atoms with Crippen molar-refractivity contribution >= 4 is 17.5 Å². The van der Waals surface area contributed by atoms with Gasteiger partial charge in [-0.25, -0.2) is 0 Å². The molecular formula is C19H24N4O2. The van der Waals surface area contributed by atoms with E-state index in [1.54, 1.807) is 0 Å². The fourth-order valence-corrected chi connectivity index (χ4v) is 2.70. The van der Waals surface area contributed by atoms with Crippen LogP contribution in [0.1, 0.15) is 30.4 Å². The monoisotopic (exact) mass is 340 g/mol. The Morgan fingerprint density at radius 3 is 2.88 bits per heavy atom. The van der Waals surface area contributed by atoms with Crippen molar-refractivity contribution in [3.63, 3.8) is 0 Å². The van der Waals surface area contributed by atoms with Gasteiger partial charge >= 0.3 is 0 Å². The molecule has 0 saturated carbocycles. The van der Waals surface area contributed by atoms with Gasteiger partial charge in [0.2, 0.25) is 5.91 Å². The van der Waals surface area contributed by atoms with Crippen LogP contribution in [0.2, 0.25) is 0 Å². The van der Waals surface area contributed by atoms with E-state index in [1.165, 1.54) is 6.20 Å². The number of carbonyl (C=O) groups excluding carboxylic acids is 2. The molecule has 2 amide bonds. The molecule has 0 atom stereocenters. The van der Waals surface area contributed by atoms with Crippen molar-refractivity contribution in [2.75, 3.05) is 25.0 Å². The molecule has 6 nitrogen and oxygen atoms in total. The van der Waals surface area contributed by atoms with E-state index in [2.05, 4.69) is 10.6 Å². The first-order valence-electron chi connectivity index (χ1n) is 8.51.